The van der Waals surface area contributed by atoms with Crippen LogP contribution in [0.4, 0.5) is 0 Å². The van der Waals surface area contributed by atoms with Crippen molar-refractivity contribution in [2.24, 2.45) is 0 Å². The molecular weight excluding hydrogens is 270 g/mol. The Morgan fingerprint density at radius 1 is 1.16 bits per heavy atom. The van der Waals surface area contributed by atoms with Crippen LogP contribution in [0.5, 0.6) is 0 Å². The minimum absolute atomic E-state index is 0.143. The lowest BCUT2D eigenvalue weighted by Crippen LogP contribution is -2.13. The average Bonchev–Trinajstić information content (AvgIpc) is 2.81. The molecule has 0 bridgehead atoms. The third kappa shape index (κ3) is 3.10. The molecule has 1 heterocycles. The Kier molecular flexibility index (Phi) is 4.49. The second kappa shape index (κ2) is 6.12. The van der Waals surface area contributed by atoms with E-state index in [1.165, 1.54) is 4.68 Å². The summed E-state index contributed by atoms with van der Waals surface area (Å²) in [5.41, 5.74) is 1.40. The van der Waals surface area contributed by atoms with Crippen LogP contribution in [-0.2, 0) is 19.8 Å². The molecular formula is C12H14ClN3O3. The van der Waals surface area contributed by atoms with Crippen molar-refractivity contribution in [3.05, 3.63) is 46.2 Å². The van der Waals surface area contributed by atoms with E-state index in [1.807, 2.05) is 0 Å². The maximum absolute atomic E-state index is 10.1. The molecule has 0 aliphatic rings. The van der Waals surface area contributed by atoms with E-state index < -0.39 is 6.10 Å². The van der Waals surface area contributed by atoms with Crippen LogP contribution in [0.15, 0.2) is 24.3 Å². The molecule has 2 rings (SSSR count). The van der Waals surface area contributed by atoms with Gasteiger partial charge >= 0.3 is 0 Å². The normalized spacial score (nSPS) is 12.6. The fourth-order valence-corrected chi connectivity index (χ4v) is 1.89. The minimum Gasteiger partial charge on any atom is -0.390 e. The van der Waals surface area contributed by atoms with E-state index in [2.05, 4.69) is 10.3 Å². The highest BCUT2D eigenvalue weighted by atomic mass is 35.5. The molecule has 0 fully saturated rings. The highest BCUT2D eigenvalue weighted by molar-refractivity contribution is 6.30. The summed E-state index contributed by atoms with van der Waals surface area (Å²) < 4.78 is 1.38. The van der Waals surface area contributed by atoms with Crippen molar-refractivity contribution in [3.8, 4) is 0 Å². The standard InChI is InChI=1S/C12H14ClN3O3/c13-9-3-1-8(2-4-9)12(19)5-16-11(7-18)10(6-17)14-15-16/h1-4,12,17-19H,5-7H2. The topological polar surface area (TPSA) is 91.4 Å². The van der Waals surface area contributed by atoms with Crippen molar-refractivity contribution in [2.75, 3.05) is 0 Å². The first-order valence-electron chi connectivity index (χ1n) is 5.72. The monoisotopic (exact) mass is 283 g/mol. The van der Waals surface area contributed by atoms with E-state index in [-0.39, 0.29) is 19.8 Å². The van der Waals surface area contributed by atoms with Crippen LogP contribution in [0.2, 0.25) is 5.02 Å². The third-order valence-electron chi connectivity index (χ3n) is 2.82. The van der Waals surface area contributed by atoms with Crippen molar-refractivity contribution in [2.45, 2.75) is 25.9 Å². The molecule has 2 aromatic rings. The molecule has 6 nitrogen and oxygen atoms in total. The Bertz CT molecular complexity index is 542. The Labute approximate surface area is 114 Å². The highest BCUT2D eigenvalue weighted by Crippen LogP contribution is 2.19. The second-order valence-electron chi connectivity index (χ2n) is 4.05. The molecule has 19 heavy (non-hydrogen) atoms. The summed E-state index contributed by atoms with van der Waals surface area (Å²) in [5, 5.41) is 36.5. The van der Waals surface area contributed by atoms with Crippen LogP contribution in [-0.4, -0.2) is 30.3 Å². The van der Waals surface area contributed by atoms with Gasteiger partial charge in [0.25, 0.3) is 0 Å². The number of rotatable bonds is 5. The van der Waals surface area contributed by atoms with E-state index in [4.69, 9.17) is 16.7 Å². The van der Waals surface area contributed by atoms with Crippen LogP contribution < -0.4 is 0 Å². The summed E-state index contributed by atoms with van der Waals surface area (Å²) in [6.07, 6.45) is -0.796. The zero-order valence-electron chi connectivity index (χ0n) is 10.1. The molecule has 0 saturated heterocycles. The van der Waals surface area contributed by atoms with E-state index in [0.717, 1.165) is 0 Å². The molecule has 0 aliphatic carbocycles. The second-order valence-corrected chi connectivity index (χ2v) is 4.48. The predicted octanol–water partition coefficient (Wildman–Crippen LogP) is 0.650. The first kappa shape index (κ1) is 14.0. The number of hydrogen-bond acceptors (Lipinski definition) is 5. The maximum atomic E-state index is 10.1. The van der Waals surface area contributed by atoms with E-state index >= 15 is 0 Å². The van der Waals surface area contributed by atoms with Gasteiger partial charge in [-0.3, -0.25) is 0 Å². The van der Waals surface area contributed by atoms with Crippen molar-refractivity contribution in [1.82, 2.24) is 15.0 Å². The molecule has 0 radical (unpaired) electrons. The molecule has 1 aromatic carbocycles. The zero-order valence-corrected chi connectivity index (χ0v) is 10.8. The third-order valence-corrected chi connectivity index (χ3v) is 3.07. The van der Waals surface area contributed by atoms with Gasteiger partial charge in [-0.25, -0.2) is 4.68 Å². The van der Waals surface area contributed by atoms with E-state index in [0.29, 0.717) is 22.0 Å². The smallest absolute Gasteiger partial charge is 0.114 e. The van der Waals surface area contributed by atoms with Gasteiger partial charge in [0.2, 0.25) is 0 Å². The highest BCUT2D eigenvalue weighted by Gasteiger charge is 2.15. The Balaban J connectivity index is 2.16. The Morgan fingerprint density at radius 3 is 2.42 bits per heavy atom. The van der Waals surface area contributed by atoms with Gasteiger partial charge < -0.3 is 15.3 Å². The summed E-state index contributed by atoms with van der Waals surface area (Å²) >= 11 is 5.78. The SMILES string of the molecule is OCc1nnn(CC(O)c2ccc(Cl)cc2)c1CO. The number of aromatic nitrogens is 3. The summed E-state index contributed by atoms with van der Waals surface area (Å²) in [7, 11) is 0. The molecule has 0 amide bonds. The lowest BCUT2D eigenvalue weighted by molar-refractivity contribution is 0.145. The maximum Gasteiger partial charge on any atom is 0.114 e. The number of halogens is 1. The molecule has 7 heteroatoms. The molecule has 1 unspecified atom stereocenters. The summed E-state index contributed by atoms with van der Waals surface area (Å²) in [6, 6.07) is 6.81. The zero-order chi connectivity index (χ0) is 13.8. The molecule has 0 aliphatic heterocycles. The fourth-order valence-electron chi connectivity index (χ4n) is 1.77. The van der Waals surface area contributed by atoms with Crippen LogP contribution in [0, 0.1) is 0 Å². The number of benzene rings is 1. The molecule has 102 valence electrons. The van der Waals surface area contributed by atoms with E-state index in [9.17, 15) is 10.2 Å². The van der Waals surface area contributed by atoms with Crippen LogP contribution in [0.3, 0.4) is 0 Å². The molecule has 3 N–H and O–H groups in total. The van der Waals surface area contributed by atoms with Gasteiger partial charge in [-0.1, -0.05) is 28.9 Å². The fraction of sp³-hybridized carbons (Fsp3) is 0.333. The van der Waals surface area contributed by atoms with Crippen LogP contribution in [0.1, 0.15) is 23.1 Å². The van der Waals surface area contributed by atoms with E-state index in [1.54, 1.807) is 24.3 Å². The first-order chi connectivity index (χ1) is 9.15. The van der Waals surface area contributed by atoms with Crippen molar-refractivity contribution in [1.29, 1.82) is 0 Å². The van der Waals surface area contributed by atoms with Gasteiger partial charge in [0.15, 0.2) is 0 Å². The number of aliphatic hydroxyl groups excluding tert-OH is 3. The largest absolute Gasteiger partial charge is 0.390 e. The van der Waals surface area contributed by atoms with Gasteiger partial charge in [0.1, 0.15) is 5.69 Å². The lowest BCUT2D eigenvalue weighted by Gasteiger charge is -2.12. The van der Waals surface area contributed by atoms with Gasteiger partial charge in [-0.15, -0.1) is 5.10 Å². The lowest BCUT2D eigenvalue weighted by atomic mass is 10.1. The van der Waals surface area contributed by atoms with Crippen molar-refractivity contribution in [3.63, 3.8) is 0 Å². The Morgan fingerprint density at radius 2 is 1.84 bits per heavy atom. The number of hydrogen-bond donors (Lipinski definition) is 3. The average molecular weight is 284 g/mol. The van der Waals surface area contributed by atoms with Crippen molar-refractivity contribution < 1.29 is 15.3 Å². The van der Waals surface area contributed by atoms with Gasteiger partial charge in [-0.05, 0) is 17.7 Å². The summed E-state index contributed by atoms with van der Waals surface area (Å²) in [5.74, 6) is 0. The Hall–Kier alpha value is -1.47. The summed E-state index contributed by atoms with van der Waals surface area (Å²) in [6.45, 7) is -0.451. The summed E-state index contributed by atoms with van der Waals surface area (Å²) in [4.78, 5) is 0. The van der Waals surface area contributed by atoms with Gasteiger partial charge in [-0.2, -0.15) is 0 Å². The van der Waals surface area contributed by atoms with Crippen LogP contribution in [0.25, 0.3) is 0 Å². The van der Waals surface area contributed by atoms with Gasteiger partial charge in [0, 0.05) is 5.02 Å². The molecule has 0 saturated carbocycles. The quantitative estimate of drug-likeness (QED) is 0.749. The number of nitrogens with zero attached hydrogens (tertiary/aromatic N) is 3. The van der Waals surface area contributed by atoms with Gasteiger partial charge in [0.05, 0.1) is 31.6 Å². The number of aliphatic hydroxyl groups is 3. The molecule has 1 aromatic heterocycles. The molecule has 0 spiro atoms. The first-order valence-corrected chi connectivity index (χ1v) is 6.10. The molecule has 1 atom stereocenters. The van der Waals surface area contributed by atoms with Crippen molar-refractivity contribution >= 4 is 11.6 Å². The predicted molar refractivity (Wildman–Crippen MR) is 68.3 cm³/mol. The minimum atomic E-state index is -0.796. The van der Waals surface area contributed by atoms with Crippen LogP contribution >= 0.6 is 11.6 Å².